The fourth-order valence-corrected chi connectivity index (χ4v) is 5.99. The van der Waals surface area contributed by atoms with Crippen molar-refractivity contribution in [3.8, 4) is 11.5 Å². The quantitative estimate of drug-likeness (QED) is 0.255. The molecule has 43 heavy (non-hydrogen) atoms. The predicted octanol–water partition coefficient (Wildman–Crippen LogP) is 5.18. The number of hydrogen-bond acceptors (Lipinski definition) is 6. The van der Waals surface area contributed by atoms with Gasteiger partial charge in [0.25, 0.3) is 10.0 Å². The van der Waals surface area contributed by atoms with E-state index in [1.165, 1.54) is 17.0 Å². The van der Waals surface area contributed by atoms with Gasteiger partial charge in [0.1, 0.15) is 24.1 Å². The number of benzene rings is 3. The Hall–Kier alpha value is -4.05. The fourth-order valence-electron chi connectivity index (χ4n) is 4.56. The van der Waals surface area contributed by atoms with Gasteiger partial charge < -0.3 is 19.7 Å². The summed E-state index contributed by atoms with van der Waals surface area (Å²) in [6.07, 6.45) is 0.339. The summed E-state index contributed by atoms with van der Waals surface area (Å²) in [5.41, 5.74) is 1.91. The van der Waals surface area contributed by atoms with Crippen LogP contribution in [0.4, 0.5) is 5.69 Å². The van der Waals surface area contributed by atoms with Crippen molar-refractivity contribution in [3.05, 3.63) is 83.9 Å². The summed E-state index contributed by atoms with van der Waals surface area (Å²) in [6.45, 7) is 9.81. The maximum atomic E-state index is 14.3. The minimum absolute atomic E-state index is 0.0422. The Morgan fingerprint density at radius 1 is 0.930 bits per heavy atom. The van der Waals surface area contributed by atoms with Crippen LogP contribution in [-0.4, -0.2) is 58.0 Å². The molecule has 10 heteroatoms. The Balaban J connectivity index is 2.09. The summed E-state index contributed by atoms with van der Waals surface area (Å²) in [6, 6.07) is 19.6. The minimum atomic E-state index is -4.21. The lowest BCUT2D eigenvalue weighted by Gasteiger charge is -2.33. The lowest BCUT2D eigenvalue weighted by atomic mass is 10.1. The van der Waals surface area contributed by atoms with Crippen LogP contribution in [0.15, 0.2) is 77.7 Å². The Kier molecular flexibility index (Phi) is 12.0. The first-order valence-electron chi connectivity index (χ1n) is 14.5. The molecule has 0 aromatic heterocycles. The average molecular weight is 610 g/mol. The maximum absolute atomic E-state index is 14.3. The van der Waals surface area contributed by atoms with Crippen molar-refractivity contribution in [2.45, 2.75) is 58.5 Å². The monoisotopic (exact) mass is 609 g/mol. The van der Waals surface area contributed by atoms with E-state index in [9.17, 15) is 18.0 Å². The fraction of sp³-hybridized carbons (Fsp3) is 0.394. The van der Waals surface area contributed by atoms with E-state index >= 15 is 0 Å². The molecule has 0 radical (unpaired) electrons. The van der Waals surface area contributed by atoms with Crippen LogP contribution in [0.2, 0.25) is 0 Å². The highest BCUT2D eigenvalue weighted by Gasteiger charge is 2.34. The molecule has 0 spiro atoms. The number of nitrogens with zero attached hydrogens (tertiary/aromatic N) is 2. The second-order valence-corrected chi connectivity index (χ2v) is 12.5. The molecule has 0 bridgehead atoms. The number of aryl methyl sites for hydroxylation is 1. The highest BCUT2D eigenvalue weighted by Crippen LogP contribution is 2.33. The number of anilines is 1. The first-order valence-corrected chi connectivity index (χ1v) is 16.0. The lowest BCUT2D eigenvalue weighted by molar-refractivity contribution is -0.140. The van der Waals surface area contributed by atoms with Gasteiger partial charge in [-0.3, -0.25) is 13.9 Å². The van der Waals surface area contributed by atoms with Gasteiger partial charge in [-0.2, -0.15) is 0 Å². The molecule has 1 unspecified atom stereocenters. The molecule has 3 rings (SSSR count). The Morgan fingerprint density at radius 2 is 1.58 bits per heavy atom. The molecule has 0 heterocycles. The standard InChI is InChI=1S/C33H43N3O6S/c1-7-29(33(38)34-21-24(3)4)35(22-26-15-17-27(41-6)18-16-26)32(37)23-36(30-11-9-10-12-31(30)42-8-2)43(39,40)28-19-13-25(5)14-20-28/h9-20,24,29H,7-8,21-23H2,1-6H3,(H,34,38). The molecule has 9 nitrogen and oxygen atoms in total. The van der Waals surface area contributed by atoms with E-state index in [4.69, 9.17) is 9.47 Å². The number of methoxy groups -OCH3 is 1. The molecular formula is C33H43N3O6S. The van der Waals surface area contributed by atoms with Crippen molar-refractivity contribution >= 4 is 27.5 Å². The van der Waals surface area contributed by atoms with E-state index in [2.05, 4.69) is 5.32 Å². The van der Waals surface area contributed by atoms with Crippen molar-refractivity contribution in [2.75, 3.05) is 31.1 Å². The number of carbonyl (C=O) groups excluding carboxylic acids is 2. The van der Waals surface area contributed by atoms with Crippen LogP contribution in [-0.2, 0) is 26.2 Å². The molecule has 3 aromatic rings. The lowest BCUT2D eigenvalue weighted by Crippen LogP contribution is -2.52. The van der Waals surface area contributed by atoms with Crippen LogP contribution in [0.25, 0.3) is 0 Å². The number of nitrogens with one attached hydrogen (secondary N) is 1. The maximum Gasteiger partial charge on any atom is 0.264 e. The van der Waals surface area contributed by atoms with E-state index in [0.717, 1.165) is 15.4 Å². The molecule has 0 aliphatic rings. The van der Waals surface area contributed by atoms with Crippen LogP contribution in [0, 0.1) is 12.8 Å². The summed E-state index contributed by atoms with van der Waals surface area (Å²) < 4.78 is 40.4. The normalized spacial score (nSPS) is 12.0. The van der Waals surface area contributed by atoms with Crippen molar-refractivity contribution in [1.29, 1.82) is 0 Å². The number of sulfonamides is 1. The molecular weight excluding hydrogens is 566 g/mol. The van der Waals surface area contributed by atoms with Crippen LogP contribution >= 0.6 is 0 Å². The van der Waals surface area contributed by atoms with Crippen LogP contribution < -0.4 is 19.1 Å². The Bertz CT molecular complexity index is 1460. The van der Waals surface area contributed by atoms with Gasteiger partial charge in [-0.15, -0.1) is 0 Å². The van der Waals surface area contributed by atoms with E-state index in [-0.39, 0.29) is 29.0 Å². The molecule has 1 N–H and O–H groups in total. The Morgan fingerprint density at radius 3 is 2.16 bits per heavy atom. The SMILES string of the molecule is CCOc1ccccc1N(CC(=O)N(Cc1ccc(OC)cc1)C(CC)C(=O)NCC(C)C)S(=O)(=O)c1ccc(C)cc1. The first-order chi connectivity index (χ1) is 20.5. The minimum Gasteiger partial charge on any atom is -0.497 e. The van der Waals surface area contributed by atoms with Crippen LogP contribution in [0.5, 0.6) is 11.5 Å². The topological polar surface area (TPSA) is 105 Å². The molecule has 0 fully saturated rings. The molecule has 0 saturated carbocycles. The zero-order valence-electron chi connectivity index (χ0n) is 25.9. The van der Waals surface area contributed by atoms with Crippen molar-refractivity contribution < 1.29 is 27.5 Å². The number of hydrogen-bond donors (Lipinski definition) is 1. The van der Waals surface area contributed by atoms with Gasteiger partial charge in [0.2, 0.25) is 11.8 Å². The summed E-state index contributed by atoms with van der Waals surface area (Å²) in [7, 11) is -2.64. The van der Waals surface area contributed by atoms with Crippen molar-refractivity contribution in [1.82, 2.24) is 10.2 Å². The second-order valence-electron chi connectivity index (χ2n) is 10.7. The zero-order chi connectivity index (χ0) is 31.6. The third-order valence-electron chi connectivity index (χ3n) is 6.90. The van der Waals surface area contributed by atoms with Gasteiger partial charge in [0.15, 0.2) is 0 Å². The van der Waals surface area contributed by atoms with Gasteiger partial charge in [-0.25, -0.2) is 8.42 Å². The largest absolute Gasteiger partial charge is 0.497 e. The number of amides is 2. The van der Waals surface area contributed by atoms with Gasteiger partial charge in [-0.1, -0.05) is 62.7 Å². The molecule has 232 valence electrons. The third-order valence-corrected chi connectivity index (χ3v) is 8.68. The summed E-state index contributed by atoms with van der Waals surface area (Å²) in [5.74, 6) is 0.394. The number of carbonyl (C=O) groups is 2. The van der Waals surface area contributed by atoms with Gasteiger partial charge in [0, 0.05) is 13.1 Å². The molecule has 1 atom stereocenters. The van der Waals surface area contributed by atoms with Crippen LogP contribution in [0.1, 0.15) is 45.2 Å². The molecule has 0 saturated heterocycles. The van der Waals surface area contributed by atoms with Crippen molar-refractivity contribution in [2.24, 2.45) is 5.92 Å². The summed E-state index contributed by atoms with van der Waals surface area (Å²) >= 11 is 0. The zero-order valence-corrected chi connectivity index (χ0v) is 26.7. The van der Waals surface area contributed by atoms with E-state index in [1.807, 2.05) is 39.8 Å². The van der Waals surface area contributed by atoms with E-state index < -0.39 is 28.5 Å². The van der Waals surface area contributed by atoms with Crippen LogP contribution in [0.3, 0.4) is 0 Å². The molecule has 3 aromatic carbocycles. The molecule has 0 aliphatic carbocycles. The van der Waals surface area contributed by atoms with Gasteiger partial charge in [0.05, 0.1) is 24.3 Å². The smallest absolute Gasteiger partial charge is 0.264 e. The summed E-state index contributed by atoms with van der Waals surface area (Å²) in [5, 5.41) is 2.94. The van der Waals surface area contributed by atoms with Gasteiger partial charge in [-0.05, 0) is 68.1 Å². The van der Waals surface area contributed by atoms with Crippen molar-refractivity contribution in [3.63, 3.8) is 0 Å². The van der Waals surface area contributed by atoms with Gasteiger partial charge >= 0.3 is 0 Å². The van der Waals surface area contributed by atoms with E-state index in [0.29, 0.717) is 31.1 Å². The third kappa shape index (κ3) is 8.73. The average Bonchev–Trinajstić information content (AvgIpc) is 2.99. The highest BCUT2D eigenvalue weighted by atomic mass is 32.2. The predicted molar refractivity (Wildman–Crippen MR) is 169 cm³/mol. The number of para-hydroxylation sites is 2. The highest BCUT2D eigenvalue weighted by molar-refractivity contribution is 7.92. The summed E-state index contributed by atoms with van der Waals surface area (Å²) in [4.78, 5) is 29.2. The number of ether oxygens (including phenoxy) is 2. The Labute approximate surface area is 255 Å². The second kappa shape index (κ2) is 15.4. The van der Waals surface area contributed by atoms with E-state index in [1.54, 1.807) is 62.6 Å². The number of rotatable bonds is 15. The first kappa shape index (κ1) is 33.5. The molecule has 0 aliphatic heterocycles. The molecule has 2 amide bonds.